The summed E-state index contributed by atoms with van der Waals surface area (Å²) in [7, 11) is 0. The van der Waals surface area contributed by atoms with E-state index in [1.807, 2.05) is 0 Å². The van der Waals surface area contributed by atoms with Crippen molar-refractivity contribution in [2.45, 2.75) is 29.2 Å². The van der Waals surface area contributed by atoms with Crippen molar-refractivity contribution in [1.82, 2.24) is 4.98 Å². The van der Waals surface area contributed by atoms with E-state index in [-0.39, 0.29) is 0 Å². The van der Waals surface area contributed by atoms with Gasteiger partial charge in [-0.1, -0.05) is 29.4 Å². The molecule has 2 N–H and O–H groups in total. The van der Waals surface area contributed by atoms with Crippen LogP contribution < -0.4 is 5.73 Å². The van der Waals surface area contributed by atoms with E-state index in [0.717, 1.165) is 5.03 Å². The highest BCUT2D eigenvalue weighted by Crippen LogP contribution is 2.34. The number of rotatable bonds is 2. The summed E-state index contributed by atoms with van der Waals surface area (Å²) in [5.74, 6) is 0. The van der Waals surface area contributed by atoms with Gasteiger partial charge in [0.15, 0.2) is 0 Å². The summed E-state index contributed by atoms with van der Waals surface area (Å²) < 4.78 is 0. The highest BCUT2D eigenvalue weighted by Gasteiger charge is 2.12. The van der Waals surface area contributed by atoms with Crippen LogP contribution in [0.4, 0.5) is 5.69 Å². The standard InChI is InChI=1S/C14H13ClN2S/c15-13-7-6-12(16)14(17-13)18-11-5-4-9-2-1-3-10(9)8-11/h4-8H,1-3,16H2. The second-order valence-electron chi connectivity index (χ2n) is 4.41. The quantitative estimate of drug-likeness (QED) is 0.844. The minimum absolute atomic E-state index is 0.480. The molecule has 92 valence electrons. The Morgan fingerprint density at radius 3 is 2.83 bits per heavy atom. The number of aromatic nitrogens is 1. The summed E-state index contributed by atoms with van der Waals surface area (Å²) in [5, 5.41) is 1.26. The zero-order valence-corrected chi connectivity index (χ0v) is 11.4. The highest BCUT2D eigenvalue weighted by atomic mass is 35.5. The van der Waals surface area contributed by atoms with E-state index in [9.17, 15) is 0 Å². The van der Waals surface area contributed by atoms with Crippen LogP contribution in [0, 0.1) is 0 Å². The van der Waals surface area contributed by atoms with E-state index >= 15 is 0 Å². The van der Waals surface area contributed by atoms with Crippen LogP contribution in [0.5, 0.6) is 0 Å². The maximum Gasteiger partial charge on any atom is 0.130 e. The van der Waals surface area contributed by atoms with Crippen LogP contribution in [0.1, 0.15) is 17.5 Å². The molecule has 4 heteroatoms. The van der Waals surface area contributed by atoms with E-state index < -0.39 is 0 Å². The molecule has 0 radical (unpaired) electrons. The average Bonchev–Trinajstić information content (AvgIpc) is 2.81. The Morgan fingerprint density at radius 2 is 1.94 bits per heavy atom. The van der Waals surface area contributed by atoms with Gasteiger partial charge in [0.25, 0.3) is 0 Å². The Kier molecular flexibility index (Phi) is 3.18. The molecule has 0 amide bonds. The molecule has 2 nitrogen and oxygen atoms in total. The molecule has 18 heavy (non-hydrogen) atoms. The molecular weight excluding hydrogens is 264 g/mol. The molecule has 0 aliphatic heterocycles. The first-order valence-electron chi connectivity index (χ1n) is 5.94. The van der Waals surface area contributed by atoms with E-state index in [0.29, 0.717) is 10.8 Å². The van der Waals surface area contributed by atoms with E-state index in [4.69, 9.17) is 17.3 Å². The number of nitrogens with zero attached hydrogens (tertiary/aromatic N) is 1. The molecule has 0 unspecified atom stereocenters. The maximum atomic E-state index is 5.91. The molecule has 3 rings (SSSR count). The lowest BCUT2D eigenvalue weighted by Gasteiger charge is -2.06. The fourth-order valence-electron chi connectivity index (χ4n) is 2.23. The second kappa shape index (κ2) is 4.82. The van der Waals surface area contributed by atoms with Crippen LogP contribution in [0.25, 0.3) is 0 Å². The van der Waals surface area contributed by atoms with Gasteiger partial charge in [-0.3, -0.25) is 0 Å². The van der Waals surface area contributed by atoms with Crippen LogP contribution in [0.15, 0.2) is 40.3 Å². The van der Waals surface area contributed by atoms with Gasteiger partial charge < -0.3 is 5.73 Å². The van der Waals surface area contributed by atoms with E-state index in [1.165, 1.54) is 35.3 Å². The Morgan fingerprint density at radius 1 is 1.11 bits per heavy atom. The average molecular weight is 277 g/mol. The summed E-state index contributed by atoms with van der Waals surface area (Å²) in [6.45, 7) is 0. The lowest BCUT2D eigenvalue weighted by atomic mass is 10.1. The van der Waals surface area contributed by atoms with E-state index in [1.54, 1.807) is 23.9 Å². The fraction of sp³-hybridized carbons (Fsp3) is 0.214. The number of fused-ring (bicyclic) bond motifs is 1. The lowest BCUT2D eigenvalue weighted by molar-refractivity contribution is 0.911. The number of hydrogen-bond acceptors (Lipinski definition) is 3. The maximum absolute atomic E-state index is 5.91. The second-order valence-corrected chi connectivity index (χ2v) is 5.86. The lowest BCUT2D eigenvalue weighted by Crippen LogP contribution is -1.92. The molecule has 0 spiro atoms. The van der Waals surface area contributed by atoms with Crippen LogP contribution in [-0.2, 0) is 12.8 Å². The number of hydrogen-bond donors (Lipinski definition) is 1. The molecule has 0 atom stereocenters. The molecule has 1 heterocycles. The van der Waals surface area contributed by atoms with Crippen molar-refractivity contribution in [2.24, 2.45) is 0 Å². The van der Waals surface area contributed by atoms with Gasteiger partial charge >= 0.3 is 0 Å². The minimum atomic E-state index is 0.480. The predicted octanol–water partition coefficient (Wildman–Crippen LogP) is 3.96. The topological polar surface area (TPSA) is 38.9 Å². The Hall–Kier alpha value is -1.19. The molecule has 0 bridgehead atoms. The van der Waals surface area contributed by atoms with E-state index in [2.05, 4.69) is 23.2 Å². The number of pyridine rings is 1. The van der Waals surface area contributed by atoms with Gasteiger partial charge in [-0.2, -0.15) is 0 Å². The third-order valence-electron chi connectivity index (χ3n) is 3.14. The molecule has 1 aliphatic rings. The zero-order valence-electron chi connectivity index (χ0n) is 9.82. The number of aryl methyl sites for hydroxylation is 2. The number of anilines is 1. The van der Waals surface area contributed by atoms with Crippen molar-refractivity contribution < 1.29 is 0 Å². The smallest absolute Gasteiger partial charge is 0.130 e. The summed E-state index contributed by atoms with van der Waals surface area (Å²) >= 11 is 7.47. The number of nitrogens with two attached hydrogens (primary N) is 1. The summed E-state index contributed by atoms with van der Waals surface area (Å²) in [6, 6.07) is 10.1. The fourth-order valence-corrected chi connectivity index (χ4v) is 3.32. The SMILES string of the molecule is Nc1ccc(Cl)nc1Sc1ccc2c(c1)CCC2. The van der Waals surface area contributed by atoms with Crippen LogP contribution in [0.3, 0.4) is 0 Å². The third kappa shape index (κ3) is 2.33. The van der Waals surface area contributed by atoms with Gasteiger partial charge in [0, 0.05) is 4.90 Å². The third-order valence-corrected chi connectivity index (χ3v) is 4.36. The van der Waals surface area contributed by atoms with Crippen molar-refractivity contribution in [3.8, 4) is 0 Å². The van der Waals surface area contributed by atoms with Gasteiger partial charge in [0.2, 0.25) is 0 Å². The van der Waals surface area contributed by atoms with Crippen LogP contribution >= 0.6 is 23.4 Å². The molecule has 2 aromatic rings. The summed E-state index contributed by atoms with van der Waals surface area (Å²) in [4.78, 5) is 5.44. The van der Waals surface area contributed by atoms with Crippen LogP contribution in [-0.4, -0.2) is 4.98 Å². The first-order chi connectivity index (χ1) is 8.72. The molecular formula is C14H13ClN2S. The van der Waals surface area contributed by atoms with Crippen molar-refractivity contribution in [3.63, 3.8) is 0 Å². The van der Waals surface area contributed by atoms with Crippen LogP contribution in [0.2, 0.25) is 5.15 Å². The van der Waals surface area contributed by atoms with Gasteiger partial charge in [0.1, 0.15) is 10.2 Å². The minimum Gasteiger partial charge on any atom is -0.397 e. The normalized spacial score (nSPS) is 13.6. The summed E-state index contributed by atoms with van der Waals surface area (Å²) in [6.07, 6.45) is 3.65. The molecule has 0 fully saturated rings. The molecule has 0 saturated heterocycles. The van der Waals surface area contributed by atoms with Crippen molar-refractivity contribution in [1.29, 1.82) is 0 Å². The Labute approximate surface area is 116 Å². The Balaban J connectivity index is 1.90. The molecule has 1 aromatic heterocycles. The molecule has 1 aromatic carbocycles. The summed E-state index contributed by atoms with van der Waals surface area (Å²) in [5.41, 5.74) is 9.52. The molecule has 1 aliphatic carbocycles. The van der Waals surface area contributed by atoms with Crippen molar-refractivity contribution in [2.75, 3.05) is 5.73 Å². The zero-order chi connectivity index (χ0) is 12.5. The monoisotopic (exact) mass is 276 g/mol. The number of nitrogen functional groups attached to an aromatic ring is 1. The van der Waals surface area contributed by atoms with Gasteiger partial charge in [-0.05, 0) is 54.7 Å². The van der Waals surface area contributed by atoms with Gasteiger partial charge in [-0.15, -0.1) is 0 Å². The number of benzene rings is 1. The first-order valence-corrected chi connectivity index (χ1v) is 7.13. The largest absolute Gasteiger partial charge is 0.397 e. The van der Waals surface area contributed by atoms with Crippen molar-refractivity contribution in [3.05, 3.63) is 46.6 Å². The highest BCUT2D eigenvalue weighted by molar-refractivity contribution is 7.99. The number of halogens is 1. The molecule has 0 saturated carbocycles. The van der Waals surface area contributed by atoms with Crippen molar-refractivity contribution >= 4 is 29.1 Å². The van der Waals surface area contributed by atoms with Gasteiger partial charge in [-0.25, -0.2) is 4.98 Å². The first kappa shape index (κ1) is 11.9. The predicted molar refractivity (Wildman–Crippen MR) is 76.2 cm³/mol. The Bertz CT molecular complexity index is 598. The van der Waals surface area contributed by atoms with Gasteiger partial charge in [0.05, 0.1) is 5.69 Å².